The molecule has 3 heteroatoms. The Morgan fingerprint density at radius 3 is 2.37 bits per heavy atom. The van der Waals surface area contributed by atoms with Gasteiger partial charge in [0.2, 0.25) is 0 Å². The van der Waals surface area contributed by atoms with Crippen LogP contribution in [0.3, 0.4) is 0 Å². The maximum absolute atomic E-state index is 9.59. The summed E-state index contributed by atoms with van der Waals surface area (Å²) in [4.78, 5) is 0. The van der Waals surface area contributed by atoms with Gasteiger partial charge >= 0.3 is 0 Å². The van der Waals surface area contributed by atoms with Crippen molar-refractivity contribution in [2.75, 3.05) is 7.11 Å². The Balaban J connectivity index is 2.82. The van der Waals surface area contributed by atoms with E-state index in [0.717, 1.165) is 46.1 Å². The topological polar surface area (TPSA) is 49.7 Å². The van der Waals surface area contributed by atoms with Crippen molar-refractivity contribution in [1.82, 2.24) is 0 Å². The molecule has 0 atom stereocenters. The fraction of sp³-hybridized carbons (Fsp3) is 0.375. The lowest BCUT2D eigenvalue weighted by molar-refractivity contribution is 0.278. The summed E-state index contributed by atoms with van der Waals surface area (Å²) < 4.78 is 5.55. The van der Waals surface area contributed by atoms with Crippen LogP contribution >= 0.6 is 0 Å². The van der Waals surface area contributed by atoms with Gasteiger partial charge in [-0.25, -0.2) is 0 Å². The second-order valence-electron chi connectivity index (χ2n) is 4.63. The number of aliphatic hydroxyl groups is 2. The lowest BCUT2D eigenvalue weighted by Crippen LogP contribution is -2.00. The first kappa shape index (κ1) is 13.8. The highest BCUT2D eigenvalue weighted by Gasteiger charge is 2.14. The molecule has 3 nitrogen and oxygen atoms in total. The summed E-state index contributed by atoms with van der Waals surface area (Å²) in [6.07, 6.45) is 1.93. The van der Waals surface area contributed by atoms with Crippen LogP contribution < -0.4 is 4.74 Å². The van der Waals surface area contributed by atoms with Crippen molar-refractivity contribution in [1.29, 1.82) is 0 Å². The zero-order valence-corrected chi connectivity index (χ0v) is 11.4. The highest BCUT2D eigenvalue weighted by Crippen LogP contribution is 2.35. The smallest absolute Gasteiger partial charge is 0.129 e. The summed E-state index contributed by atoms with van der Waals surface area (Å²) in [7, 11) is 1.66. The van der Waals surface area contributed by atoms with Crippen molar-refractivity contribution in [2.45, 2.75) is 33.0 Å². The monoisotopic (exact) mass is 260 g/mol. The minimum absolute atomic E-state index is 0.0335. The maximum Gasteiger partial charge on any atom is 0.129 e. The van der Waals surface area contributed by atoms with Gasteiger partial charge in [-0.1, -0.05) is 31.5 Å². The van der Waals surface area contributed by atoms with Gasteiger partial charge in [-0.15, -0.1) is 0 Å². The average molecular weight is 260 g/mol. The van der Waals surface area contributed by atoms with Crippen LogP contribution in [-0.4, -0.2) is 17.3 Å². The summed E-state index contributed by atoms with van der Waals surface area (Å²) >= 11 is 0. The predicted molar refractivity (Wildman–Crippen MR) is 76.3 cm³/mol. The predicted octanol–water partition coefficient (Wildman–Crippen LogP) is 2.79. The van der Waals surface area contributed by atoms with Gasteiger partial charge in [0.05, 0.1) is 20.3 Å². The van der Waals surface area contributed by atoms with E-state index < -0.39 is 0 Å². The van der Waals surface area contributed by atoms with E-state index in [2.05, 4.69) is 6.92 Å². The molecule has 2 aromatic carbocycles. The minimum atomic E-state index is -0.0411. The number of methoxy groups -OCH3 is 1. The fourth-order valence-electron chi connectivity index (χ4n) is 2.64. The van der Waals surface area contributed by atoms with Crippen molar-refractivity contribution < 1.29 is 14.9 Å². The van der Waals surface area contributed by atoms with Crippen LogP contribution in [0.4, 0.5) is 0 Å². The molecule has 0 aliphatic carbocycles. The van der Waals surface area contributed by atoms with E-state index in [1.165, 1.54) is 0 Å². The van der Waals surface area contributed by atoms with Gasteiger partial charge in [-0.3, -0.25) is 0 Å². The Hall–Kier alpha value is -1.58. The molecule has 0 fully saturated rings. The molecule has 0 amide bonds. The van der Waals surface area contributed by atoms with Gasteiger partial charge in [-0.2, -0.15) is 0 Å². The third-order valence-corrected chi connectivity index (χ3v) is 3.42. The molecule has 19 heavy (non-hydrogen) atoms. The molecule has 0 heterocycles. The van der Waals surface area contributed by atoms with Gasteiger partial charge in [-0.05, 0) is 34.6 Å². The average Bonchev–Trinajstić information content (AvgIpc) is 2.45. The molecular formula is C16H20O3. The number of aliphatic hydroxyl groups excluding tert-OH is 2. The van der Waals surface area contributed by atoms with Gasteiger partial charge in [0.1, 0.15) is 5.75 Å². The second-order valence-corrected chi connectivity index (χ2v) is 4.63. The van der Waals surface area contributed by atoms with Crippen LogP contribution in [0.15, 0.2) is 24.3 Å². The van der Waals surface area contributed by atoms with Crippen LogP contribution in [0, 0.1) is 0 Å². The van der Waals surface area contributed by atoms with E-state index in [1.54, 1.807) is 7.11 Å². The van der Waals surface area contributed by atoms with Crippen LogP contribution in [0.25, 0.3) is 10.8 Å². The van der Waals surface area contributed by atoms with Gasteiger partial charge in [0, 0.05) is 5.39 Å². The van der Waals surface area contributed by atoms with Gasteiger partial charge in [0.25, 0.3) is 0 Å². The van der Waals surface area contributed by atoms with Crippen molar-refractivity contribution in [2.24, 2.45) is 0 Å². The number of benzene rings is 2. The zero-order chi connectivity index (χ0) is 13.8. The van der Waals surface area contributed by atoms with Crippen molar-refractivity contribution in [3.63, 3.8) is 0 Å². The van der Waals surface area contributed by atoms with Crippen molar-refractivity contribution in [3.8, 4) is 5.75 Å². The number of hydrogen-bond acceptors (Lipinski definition) is 3. The zero-order valence-electron chi connectivity index (χ0n) is 11.4. The van der Waals surface area contributed by atoms with E-state index in [1.807, 2.05) is 24.3 Å². The second kappa shape index (κ2) is 6.04. The molecule has 0 spiro atoms. The van der Waals surface area contributed by atoms with E-state index in [9.17, 15) is 10.2 Å². The minimum Gasteiger partial charge on any atom is -0.496 e. The largest absolute Gasteiger partial charge is 0.496 e. The first-order valence-corrected chi connectivity index (χ1v) is 6.58. The van der Waals surface area contributed by atoms with E-state index in [-0.39, 0.29) is 13.2 Å². The SMILES string of the molecule is CCCc1cc(CO)c2c(CO)cccc2c1OC. The summed E-state index contributed by atoms with van der Waals surface area (Å²) in [6, 6.07) is 7.75. The van der Waals surface area contributed by atoms with E-state index >= 15 is 0 Å². The summed E-state index contributed by atoms with van der Waals surface area (Å²) in [6.45, 7) is 2.04. The molecule has 0 saturated carbocycles. The van der Waals surface area contributed by atoms with Crippen LogP contribution in [-0.2, 0) is 19.6 Å². The van der Waals surface area contributed by atoms with Crippen molar-refractivity contribution >= 4 is 10.8 Å². The molecule has 102 valence electrons. The standard InChI is InChI=1S/C16H20O3/c1-3-5-11-8-13(10-18)15-12(9-17)6-4-7-14(15)16(11)19-2/h4,6-8,17-18H,3,5,9-10H2,1-2H3. The molecule has 0 aromatic heterocycles. The van der Waals surface area contributed by atoms with Gasteiger partial charge in [0.15, 0.2) is 0 Å². The number of rotatable bonds is 5. The highest BCUT2D eigenvalue weighted by molar-refractivity contribution is 5.94. The summed E-state index contributed by atoms with van der Waals surface area (Å²) in [5.41, 5.74) is 2.78. The number of fused-ring (bicyclic) bond motifs is 1. The molecule has 0 bridgehead atoms. The quantitative estimate of drug-likeness (QED) is 0.869. The normalized spacial score (nSPS) is 10.9. The maximum atomic E-state index is 9.59. The fourth-order valence-corrected chi connectivity index (χ4v) is 2.64. The Labute approximate surface area is 113 Å². The summed E-state index contributed by atoms with van der Waals surface area (Å²) in [5, 5.41) is 20.9. The molecule has 0 aliphatic rings. The summed E-state index contributed by atoms with van der Waals surface area (Å²) in [5.74, 6) is 0.851. The first-order chi connectivity index (χ1) is 9.26. The molecule has 0 unspecified atom stereocenters. The number of aryl methyl sites for hydroxylation is 1. The van der Waals surface area contributed by atoms with E-state index in [0.29, 0.717) is 0 Å². The van der Waals surface area contributed by atoms with Crippen LogP contribution in [0.5, 0.6) is 5.75 Å². The lowest BCUT2D eigenvalue weighted by atomic mass is 9.94. The highest BCUT2D eigenvalue weighted by atomic mass is 16.5. The number of ether oxygens (including phenoxy) is 1. The van der Waals surface area contributed by atoms with Gasteiger partial charge < -0.3 is 14.9 Å². The van der Waals surface area contributed by atoms with Crippen molar-refractivity contribution in [3.05, 3.63) is 41.0 Å². The molecule has 2 rings (SSSR count). The van der Waals surface area contributed by atoms with Crippen LogP contribution in [0.1, 0.15) is 30.0 Å². The molecule has 0 radical (unpaired) electrons. The van der Waals surface area contributed by atoms with Crippen LogP contribution in [0.2, 0.25) is 0 Å². The molecule has 2 aromatic rings. The first-order valence-electron chi connectivity index (χ1n) is 6.58. The third-order valence-electron chi connectivity index (χ3n) is 3.42. The molecule has 2 N–H and O–H groups in total. The molecular weight excluding hydrogens is 240 g/mol. The molecule has 0 saturated heterocycles. The van der Waals surface area contributed by atoms with E-state index in [4.69, 9.17) is 4.74 Å². The number of hydrogen-bond donors (Lipinski definition) is 2. The Bertz CT molecular complexity index is 576. The third kappa shape index (κ3) is 2.44. The lowest BCUT2D eigenvalue weighted by Gasteiger charge is -2.16. The Kier molecular flexibility index (Phi) is 4.40. The molecule has 0 aliphatic heterocycles. The Morgan fingerprint density at radius 2 is 1.79 bits per heavy atom. The Morgan fingerprint density at radius 1 is 1.05 bits per heavy atom.